The van der Waals surface area contributed by atoms with Gasteiger partial charge in [-0.15, -0.1) is 0 Å². The van der Waals surface area contributed by atoms with Gasteiger partial charge in [-0.25, -0.2) is 0 Å². The molecule has 0 spiro atoms. The van der Waals surface area contributed by atoms with Crippen LogP contribution < -0.4 is 20.9 Å². The minimum Gasteiger partial charge on any atom is -0.493 e. The van der Waals surface area contributed by atoms with E-state index in [-0.39, 0.29) is 5.54 Å². The Labute approximate surface area is 152 Å². The average Bonchev–Trinajstić information content (AvgIpc) is 2.60. The monoisotopic (exact) mass is 349 g/mol. The lowest BCUT2D eigenvalue weighted by atomic mass is 9.76. The van der Waals surface area contributed by atoms with Crippen LogP contribution in [0.1, 0.15) is 50.3 Å². The standard InChI is InChI=1S/C19H30N2O2.CH5N/c1-13(2)11-19(20)7-5-16-15-10-18(23-4)17(22-3)9-14(15)6-8-21(16)12-19;1-2/h9-10,13,16H,5-8,11-12,20H2,1-4H3;2H2,1H3/t16?,19-;/m1./s1. The molecule has 2 heterocycles. The maximum atomic E-state index is 6.70. The normalized spacial score (nSPS) is 25.5. The highest BCUT2D eigenvalue weighted by Gasteiger charge is 2.40. The molecule has 5 nitrogen and oxygen atoms in total. The van der Waals surface area contributed by atoms with Gasteiger partial charge < -0.3 is 20.9 Å². The summed E-state index contributed by atoms with van der Waals surface area (Å²) in [6.07, 6.45) is 4.39. The molecule has 0 amide bonds. The number of methoxy groups -OCH3 is 2. The zero-order valence-corrected chi connectivity index (χ0v) is 16.5. The first kappa shape index (κ1) is 20.0. The second-order valence-corrected chi connectivity index (χ2v) is 7.64. The van der Waals surface area contributed by atoms with Gasteiger partial charge in [-0.05, 0) is 61.9 Å². The molecule has 2 atom stereocenters. The van der Waals surface area contributed by atoms with Gasteiger partial charge in [0.25, 0.3) is 0 Å². The molecule has 142 valence electrons. The van der Waals surface area contributed by atoms with Crippen LogP contribution in [0.5, 0.6) is 11.5 Å². The maximum Gasteiger partial charge on any atom is 0.161 e. The van der Waals surface area contributed by atoms with Crippen LogP contribution in [0.25, 0.3) is 0 Å². The van der Waals surface area contributed by atoms with E-state index in [1.54, 1.807) is 14.2 Å². The summed E-state index contributed by atoms with van der Waals surface area (Å²) in [5.74, 6) is 2.32. The van der Waals surface area contributed by atoms with Crippen LogP contribution in [-0.2, 0) is 6.42 Å². The molecular weight excluding hydrogens is 314 g/mol. The molecule has 5 heteroatoms. The summed E-state index contributed by atoms with van der Waals surface area (Å²) in [6, 6.07) is 4.81. The first-order valence-corrected chi connectivity index (χ1v) is 9.31. The second kappa shape index (κ2) is 8.39. The number of benzene rings is 1. The third-order valence-corrected chi connectivity index (χ3v) is 5.36. The van der Waals surface area contributed by atoms with Crippen molar-refractivity contribution in [3.05, 3.63) is 23.3 Å². The Kier molecular flexibility index (Phi) is 6.72. The van der Waals surface area contributed by atoms with E-state index >= 15 is 0 Å². The molecule has 2 aliphatic heterocycles. The summed E-state index contributed by atoms with van der Waals surface area (Å²) in [4.78, 5) is 2.58. The molecule has 2 aliphatic rings. The van der Waals surface area contributed by atoms with E-state index in [4.69, 9.17) is 15.2 Å². The highest BCUT2D eigenvalue weighted by atomic mass is 16.5. The lowest BCUT2D eigenvalue weighted by Crippen LogP contribution is -2.57. The minimum absolute atomic E-state index is 0.0290. The highest BCUT2D eigenvalue weighted by molar-refractivity contribution is 5.49. The van der Waals surface area contributed by atoms with E-state index in [1.165, 1.54) is 18.2 Å². The first-order valence-electron chi connectivity index (χ1n) is 9.31. The number of ether oxygens (including phenoxy) is 2. The van der Waals surface area contributed by atoms with Crippen molar-refractivity contribution < 1.29 is 9.47 Å². The molecule has 3 rings (SSSR count). The quantitative estimate of drug-likeness (QED) is 0.874. The molecule has 1 saturated heterocycles. The number of nitrogens with two attached hydrogens (primary N) is 2. The predicted octanol–water partition coefficient (Wildman–Crippen LogP) is 2.72. The Morgan fingerprint density at radius 2 is 1.84 bits per heavy atom. The fourth-order valence-corrected chi connectivity index (χ4v) is 4.49. The van der Waals surface area contributed by atoms with Crippen molar-refractivity contribution in [3.63, 3.8) is 0 Å². The van der Waals surface area contributed by atoms with E-state index < -0.39 is 0 Å². The van der Waals surface area contributed by atoms with Crippen molar-refractivity contribution in [3.8, 4) is 11.5 Å². The van der Waals surface area contributed by atoms with Gasteiger partial charge >= 0.3 is 0 Å². The molecule has 0 aromatic heterocycles. The Bertz CT molecular complexity index is 576. The van der Waals surface area contributed by atoms with Gasteiger partial charge in [0.2, 0.25) is 0 Å². The SMILES string of the molecule is CN.COc1cc2c(cc1OC)C1CC[C@@](N)(CC(C)C)CN1CC2. The van der Waals surface area contributed by atoms with Gasteiger partial charge in [0.1, 0.15) is 0 Å². The third kappa shape index (κ3) is 4.27. The van der Waals surface area contributed by atoms with E-state index in [9.17, 15) is 0 Å². The highest BCUT2D eigenvalue weighted by Crippen LogP contribution is 2.43. The second-order valence-electron chi connectivity index (χ2n) is 7.64. The van der Waals surface area contributed by atoms with Gasteiger partial charge in [0.05, 0.1) is 14.2 Å². The van der Waals surface area contributed by atoms with Gasteiger partial charge in [0.15, 0.2) is 11.5 Å². The van der Waals surface area contributed by atoms with Crippen molar-refractivity contribution in [2.45, 2.75) is 51.1 Å². The van der Waals surface area contributed by atoms with Gasteiger partial charge in [-0.2, -0.15) is 0 Å². The molecule has 0 aliphatic carbocycles. The van der Waals surface area contributed by atoms with Crippen LogP contribution in [0.3, 0.4) is 0 Å². The molecule has 1 aromatic rings. The number of rotatable bonds is 4. The molecule has 1 aromatic carbocycles. The van der Waals surface area contributed by atoms with Crippen LogP contribution in [0, 0.1) is 5.92 Å². The number of nitrogens with zero attached hydrogens (tertiary/aromatic N) is 1. The third-order valence-electron chi connectivity index (χ3n) is 5.36. The van der Waals surface area contributed by atoms with Crippen LogP contribution in [-0.4, -0.2) is 44.8 Å². The van der Waals surface area contributed by atoms with Crippen molar-refractivity contribution in [1.82, 2.24) is 4.90 Å². The molecule has 0 bridgehead atoms. The largest absolute Gasteiger partial charge is 0.493 e. The lowest BCUT2D eigenvalue weighted by molar-refractivity contribution is 0.0708. The van der Waals surface area contributed by atoms with Crippen LogP contribution >= 0.6 is 0 Å². The minimum atomic E-state index is -0.0290. The molecule has 0 radical (unpaired) electrons. The number of fused-ring (bicyclic) bond motifs is 3. The molecule has 25 heavy (non-hydrogen) atoms. The van der Waals surface area contributed by atoms with Gasteiger partial charge in [-0.3, -0.25) is 4.90 Å². The lowest BCUT2D eigenvalue weighted by Gasteiger charge is -2.48. The summed E-state index contributed by atoms with van der Waals surface area (Å²) in [6.45, 7) is 6.63. The van der Waals surface area contributed by atoms with Crippen molar-refractivity contribution in [2.24, 2.45) is 17.4 Å². The summed E-state index contributed by atoms with van der Waals surface area (Å²) in [5, 5.41) is 0. The smallest absolute Gasteiger partial charge is 0.161 e. The van der Waals surface area contributed by atoms with Crippen LogP contribution in [0.2, 0.25) is 0 Å². The van der Waals surface area contributed by atoms with E-state index in [2.05, 4.69) is 36.6 Å². The van der Waals surface area contributed by atoms with E-state index in [0.717, 1.165) is 50.3 Å². The van der Waals surface area contributed by atoms with Crippen LogP contribution in [0.15, 0.2) is 12.1 Å². The fraction of sp³-hybridized carbons (Fsp3) is 0.700. The number of piperidine rings is 1. The molecule has 1 fully saturated rings. The first-order chi connectivity index (χ1) is 12.0. The zero-order valence-electron chi connectivity index (χ0n) is 16.5. The summed E-state index contributed by atoms with van der Waals surface area (Å²) < 4.78 is 11.0. The molecular formula is C20H35N3O2. The average molecular weight is 350 g/mol. The Hall–Kier alpha value is -1.30. The summed E-state index contributed by atoms with van der Waals surface area (Å²) in [7, 11) is 4.91. The topological polar surface area (TPSA) is 73.7 Å². The van der Waals surface area contributed by atoms with Crippen molar-refractivity contribution in [2.75, 3.05) is 34.4 Å². The van der Waals surface area contributed by atoms with E-state index in [0.29, 0.717) is 12.0 Å². The van der Waals surface area contributed by atoms with Crippen molar-refractivity contribution >= 4 is 0 Å². The van der Waals surface area contributed by atoms with Gasteiger partial charge in [-0.1, -0.05) is 13.8 Å². The molecule has 0 saturated carbocycles. The molecule has 4 N–H and O–H groups in total. The maximum absolute atomic E-state index is 6.70. The summed E-state index contributed by atoms with van der Waals surface area (Å²) in [5.41, 5.74) is 14.0. The van der Waals surface area contributed by atoms with Gasteiger partial charge in [0, 0.05) is 24.7 Å². The Balaban J connectivity index is 0.00000109. The zero-order chi connectivity index (χ0) is 18.6. The summed E-state index contributed by atoms with van der Waals surface area (Å²) >= 11 is 0. The number of hydrogen-bond donors (Lipinski definition) is 2. The predicted molar refractivity (Wildman–Crippen MR) is 103 cm³/mol. The van der Waals surface area contributed by atoms with E-state index in [1.807, 2.05) is 0 Å². The number of hydrogen-bond acceptors (Lipinski definition) is 5. The Morgan fingerprint density at radius 3 is 2.44 bits per heavy atom. The fourth-order valence-electron chi connectivity index (χ4n) is 4.49. The Morgan fingerprint density at radius 1 is 1.20 bits per heavy atom. The van der Waals surface area contributed by atoms with Crippen LogP contribution in [0.4, 0.5) is 0 Å². The molecule has 1 unspecified atom stereocenters. The van der Waals surface area contributed by atoms with Crippen molar-refractivity contribution in [1.29, 1.82) is 0 Å².